The molecule has 4 nitrogen and oxygen atoms in total. The number of amides is 1. The van der Waals surface area contributed by atoms with Crippen molar-refractivity contribution in [1.29, 1.82) is 0 Å². The number of alkyl carbamates (subject to hydrolysis) is 1. The van der Waals surface area contributed by atoms with E-state index in [-0.39, 0.29) is 12.5 Å². The van der Waals surface area contributed by atoms with Crippen LogP contribution in [0.5, 0.6) is 0 Å². The van der Waals surface area contributed by atoms with Crippen molar-refractivity contribution in [2.24, 2.45) is 5.92 Å². The average molecular weight is 298 g/mol. The molecule has 110 valence electrons. The maximum Gasteiger partial charge on any atom is 0.407 e. The van der Waals surface area contributed by atoms with Gasteiger partial charge in [-0.25, -0.2) is 4.79 Å². The summed E-state index contributed by atoms with van der Waals surface area (Å²) in [4.78, 5) is 22.6. The second kappa shape index (κ2) is 7.29. The largest absolute Gasteiger partial charge is 0.444 e. The van der Waals surface area contributed by atoms with Gasteiger partial charge in [-0.2, -0.15) is 0 Å². The topological polar surface area (TPSA) is 55.4 Å². The van der Waals surface area contributed by atoms with Gasteiger partial charge in [-0.15, -0.1) is 0 Å². The molecule has 1 unspecified atom stereocenters. The fraction of sp³-hybridized carbons (Fsp3) is 0.467. The number of ether oxygens (including phenoxy) is 1. The third-order valence-electron chi connectivity index (χ3n) is 2.51. The number of halogens is 1. The summed E-state index contributed by atoms with van der Waals surface area (Å²) in [6.07, 6.45) is 0.878. The molecule has 0 saturated heterocycles. The molecule has 1 rings (SSSR count). The lowest BCUT2D eigenvalue weighted by Crippen LogP contribution is -2.36. The molecule has 0 saturated carbocycles. The van der Waals surface area contributed by atoms with Crippen LogP contribution in [-0.4, -0.2) is 24.5 Å². The van der Waals surface area contributed by atoms with Gasteiger partial charge in [-0.05, 0) is 44.9 Å². The summed E-state index contributed by atoms with van der Waals surface area (Å²) in [7, 11) is 0. The molecule has 0 aliphatic carbocycles. The predicted molar refractivity (Wildman–Crippen MR) is 78.9 cm³/mol. The van der Waals surface area contributed by atoms with E-state index in [0.717, 1.165) is 11.8 Å². The van der Waals surface area contributed by atoms with E-state index < -0.39 is 11.7 Å². The number of aldehydes is 1. The molecule has 1 aromatic carbocycles. The van der Waals surface area contributed by atoms with Crippen LogP contribution >= 0.6 is 11.6 Å². The van der Waals surface area contributed by atoms with Crippen LogP contribution in [0.15, 0.2) is 24.3 Å². The molecule has 0 aliphatic rings. The minimum Gasteiger partial charge on any atom is -0.444 e. The van der Waals surface area contributed by atoms with Gasteiger partial charge in [0.2, 0.25) is 0 Å². The third-order valence-corrected chi connectivity index (χ3v) is 2.76. The minimum atomic E-state index is -0.545. The predicted octanol–water partition coefficient (Wildman–Crippen LogP) is 3.22. The molecule has 20 heavy (non-hydrogen) atoms. The molecule has 1 atom stereocenters. The molecule has 1 aromatic rings. The zero-order valence-electron chi connectivity index (χ0n) is 12.0. The zero-order valence-corrected chi connectivity index (χ0v) is 12.7. The Morgan fingerprint density at radius 1 is 1.35 bits per heavy atom. The highest BCUT2D eigenvalue weighted by atomic mass is 35.5. The maximum atomic E-state index is 11.5. The van der Waals surface area contributed by atoms with E-state index in [1.54, 1.807) is 32.9 Å². The average Bonchev–Trinajstić information content (AvgIpc) is 2.34. The lowest BCUT2D eigenvalue weighted by atomic mass is 10.0. The fourth-order valence-electron chi connectivity index (χ4n) is 1.62. The van der Waals surface area contributed by atoms with E-state index in [1.165, 1.54) is 0 Å². The van der Waals surface area contributed by atoms with E-state index in [0.29, 0.717) is 11.4 Å². The van der Waals surface area contributed by atoms with E-state index in [2.05, 4.69) is 5.32 Å². The molecule has 5 heteroatoms. The molecule has 0 heterocycles. The van der Waals surface area contributed by atoms with E-state index in [1.807, 2.05) is 12.1 Å². The molecule has 0 aliphatic heterocycles. The number of carbonyl (C=O) groups excluding carboxylic acids is 2. The van der Waals surface area contributed by atoms with E-state index in [4.69, 9.17) is 16.3 Å². The van der Waals surface area contributed by atoms with Crippen molar-refractivity contribution in [2.75, 3.05) is 6.54 Å². The molecule has 0 aromatic heterocycles. The van der Waals surface area contributed by atoms with Crippen LogP contribution < -0.4 is 5.32 Å². The van der Waals surface area contributed by atoms with Gasteiger partial charge in [0.1, 0.15) is 11.9 Å². The van der Waals surface area contributed by atoms with Gasteiger partial charge in [0, 0.05) is 17.5 Å². The summed E-state index contributed by atoms with van der Waals surface area (Å²) in [6, 6.07) is 7.29. The molecule has 0 radical (unpaired) electrons. The van der Waals surface area contributed by atoms with Crippen molar-refractivity contribution < 1.29 is 14.3 Å². The van der Waals surface area contributed by atoms with Crippen LogP contribution in [0.25, 0.3) is 0 Å². The summed E-state index contributed by atoms with van der Waals surface area (Å²) in [5.74, 6) is -0.288. The Morgan fingerprint density at radius 3 is 2.45 bits per heavy atom. The summed E-state index contributed by atoms with van der Waals surface area (Å²) < 4.78 is 5.12. The monoisotopic (exact) mass is 297 g/mol. The van der Waals surface area contributed by atoms with Crippen LogP contribution in [0.3, 0.4) is 0 Å². The second-order valence-electron chi connectivity index (χ2n) is 5.61. The number of nitrogens with one attached hydrogen (secondary N) is 1. The van der Waals surface area contributed by atoms with Gasteiger partial charge in [0.05, 0.1) is 0 Å². The lowest BCUT2D eigenvalue weighted by molar-refractivity contribution is -0.110. The Kier molecular flexibility index (Phi) is 6.02. The van der Waals surface area contributed by atoms with E-state index in [9.17, 15) is 9.59 Å². The smallest absolute Gasteiger partial charge is 0.407 e. The van der Waals surface area contributed by atoms with Crippen LogP contribution in [-0.2, 0) is 16.0 Å². The molecule has 0 fully saturated rings. The number of hydrogen-bond acceptors (Lipinski definition) is 3. The highest BCUT2D eigenvalue weighted by Crippen LogP contribution is 2.13. The first kappa shape index (κ1) is 16.5. The van der Waals surface area contributed by atoms with Crippen molar-refractivity contribution in [2.45, 2.75) is 32.8 Å². The standard InChI is InChI=1S/C15H20ClNO3/c1-15(2,3)20-14(19)17-9-12(10-18)8-11-4-6-13(16)7-5-11/h4-7,10,12H,8-9H2,1-3H3,(H,17,19). The van der Waals surface area contributed by atoms with Gasteiger partial charge in [-0.3, -0.25) is 0 Å². The van der Waals surface area contributed by atoms with Crippen LogP contribution in [0.1, 0.15) is 26.3 Å². The molecular formula is C15H20ClNO3. The lowest BCUT2D eigenvalue weighted by Gasteiger charge is -2.20. The first-order valence-electron chi connectivity index (χ1n) is 6.47. The molecule has 1 N–H and O–H groups in total. The van der Waals surface area contributed by atoms with Crippen LogP contribution in [0.2, 0.25) is 5.02 Å². The van der Waals surface area contributed by atoms with Crippen molar-refractivity contribution in [1.82, 2.24) is 5.32 Å². The second-order valence-corrected chi connectivity index (χ2v) is 6.05. The third kappa shape index (κ3) is 6.57. The Hall–Kier alpha value is -1.55. The minimum absolute atomic E-state index is 0.251. The van der Waals surface area contributed by atoms with Crippen LogP contribution in [0.4, 0.5) is 4.79 Å². The summed E-state index contributed by atoms with van der Waals surface area (Å²) in [6.45, 7) is 5.62. The zero-order chi connectivity index (χ0) is 15.2. The van der Waals surface area contributed by atoms with Gasteiger partial charge >= 0.3 is 6.09 Å². The molecule has 0 spiro atoms. The van der Waals surface area contributed by atoms with Gasteiger partial charge in [-0.1, -0.05) is 23.7 Å². The van der Waals surface area contributed by atoms with Gasteiger partial charge in [0.25, 0.3) is 0 Å². The van der Waals surface area contributed by atoms with Crippen molar-refractivity contribution in [3.05, 3.63) is 34.9 Å². The Bertz CT molecular complexity index is 451. The van der Waals surface area contributed by atoms with E-state index >= 15 is 0 Å². The molecule has 0 bridgehead atoms. The fourth-order valence-corrected chi connectivity index (χ4v) is 1.75. The molecular weight excluding hydrogens is 278 g/mol. The number of carbonyl (C=O) groups is 2. The number of hydrogen-bond donors (Lipinski definition) is 1. The Morgan fingerprint density at radius 2 is 1.95 bits per heavy atom. The van der Waals surface area contributed by atoms with Crippen LogP contribution in [0, 0.1) is 5.92 Å². The van der Waals surface area contributed by atoms with Crippen molar-refractivity contribution in [3.8, 4) is 0 Å². The number of rotatable bonds is 5. The van der Waals surface area contributed by atoms with Crippen molar-refractivity contribution in [3.63, 3.8) is 0 Å². The SMILES string of the molecule is CC(C)(C)OC(=O)NCC(C=O)Cc1ccc(Cl)cc1. The number of benzene rings is 1. The summed E-state index contributed by atoms with van der Waals surface area (Å²) in [5.41, 5.74) is 0.453. The maximum absolute atomic E-state index is 11.5. The normalized spacial score (nSPS) is 12.6. The quantitative estimate of drug-likeness (QED) is 0.849. The summed E-state index contributed by atoms with van der Waals surface area (Å²) in [5, 5.41) is 3.26. The Labute approximate surface area is 124 Å². The highest BCUT2D eigenvalue weighted by molar-refractivity contribution is 6.30. The first-order chi connectivity index (χ1) is 9.30. The van der Waals surface area contributed by atoms with Crippen molar-refractivity contribution >= 4 is 24.0 Å². The van der Waals surface area contributed by atoms with Gasteiger partial charge in [0.15, 0.2) is 0 Å². The Balaban J connectivity index is 2.45. The first-order valence-corrected chi connectivity index (χ1v) is 6.84. The highest BCUT2D eigenvalue weighted by Gasteiger charge is 2.17. The van der Waals surface area contributed by atoms with Gasteiger partial charge < -0.3 is 14.8 Å². The summed E-state index contributed by atoms with van der Waals surface area (Å²) >= 11 is 5.80. The molecule has 1 amide bonds.